The topological polar surface area (TPSA) is 57.7 Å². The number of nitrogens with one attached hydrogen (secondary N) is 1. The van der Waals surface area contributed by atoms with Crippen molar-refractivity contribution in [3.8, 4) is 0 Å². The van der Waals surface area contributed by atoms with Crippen molar-refractivity contribution >= 4 is 5.82 Å². The van der Waals surface area contributed by atoms with Crippen molar-refractivity contribution in [2.75, 3.05) is 18.0 Å². The summed E-state index contributed by atoms with van der Waals surface area (Å²) in [6.07, 6.45) is 7.19. The van der Waals surface area contributed by atoms with E-state index in [-0.39, 0.29) is 0 Å². The average molecular weight is 347 g/mol. The summed E-state index contributed by atoms with van der Waals surface area (Å²) in [4.78, 5) is 11.4. The molecule has 3 aromatic rings. The highest BCUT2D eigenvalue weighted by Crippen LogP contribution is 2.31. The lowest BCUT2D eigenvalue weighted by atomic mass is 9.90. The Morgan fingerprint density at radius 3 is 2.85 bits per heavy atom. The Labute approximate surface area is 154 Å². The number of rotatable bonds is 4. The van der Waals surface area contributed by atoms with Gasteiger partial charge in [0.2, 0.25) is 0 Å². The molecule has 1 N–H and O–H groups in total. The zero-order valence-electron chi connectivity index (χ0n) is 15.4. The van der Waals surface area contributed by atoms with Crippen LogP contribution in [-0.4, -0.2) is 33.3 Å². The van der Waals surface area contributed by atoms with E-state index in [1.807, 2.05) is 19.3 Å². The van der Waals surface area contributed by atoms with Crippen LogP contribution in [0, 0.1) is 13.8 Å². The smallest absolute Gasteiger partial charge is 0.135 e. The van der Waals surface area contributed by atoms with Crippen molar-refractivity contribution < 1.29 is 0 Å². The number of piperidine rings is 1. The number of H-pyrrole nitrogens is 1. The molecule has 4 rings (SSSR count). The molecule has 1 aliphatic rings. The van der Waals surface area contributed by atoms with Crippen LogP contribution in [0.4, 0.5) is 5.82 Å². The van der Waals surface area contributed by atoms with Crippen LogP contribution in [0.2, 0.25) is 0 Å². The van der Waals surface area contributed by atoms with E-state index in [1.165, 1.54) is 23.2 Å². The van der Waals surface area contributed by atoms with Gasteiger partial charge in [0, 0.05) is 42.9 Å². The molecule has 2 aromatic heterocycles. The summed E-state index contributed by atoms with van der Waals surface area (Å²) in [5.74, 6) is 2.37. The van der Waals surface area contributed by atoms with Crippen molar-refractivity contribution in [1.29, 1.82) is 0 Å². The maximum absolute atomic E-state index is 4.69. The second-order valence-corrected chi connectivity index (χ2v) is 7.18. The van der Waals surface area contributed by atoms with E-state index in [2.05, 4.69) is 57.3 Å². The summed E-state index contributed by atoms with van der Waals surface area (Å²) < 4.78 is 0. The Kier molecular flexibility index (Phi) is 4.69. The number of aromatic nitrogens is 4. The summed E-state index contributed by atoms with van der Waals surface area (Å²) in [5.41, 5.74) is 5.05. The average Bonchev–Trinajstić information content (AvgIpc) is 3.13. The molecule has 0 radical (unpaired) electrons. The Hall–Kier alpha value is -2.69. The van der Waals surface area contributed by atoms with Crippen LogP contribution in [0.1, 0.15) is 47.0 Å². The number of anilines is 1. The molecule has 0 unspecified atom stereocenters. The van der Waals surface area contributed by atoms with E-state index in [9.17, 15) is 0 Å². The molecular weight excluding hydrogens is 322 g/mol. The normalized spacial score (nSPS) is 17.5. The molecule has 0 bridgehead atoms. The first-order chi connectivity index (χ1) is 12.7. The van der Waals surface area contributed by atoms with Gasteiger partial charge in [0.05, 0.1) is 6.20 Å². The molecule has 1 fully saturated rings. The summed E-state index contributed by atoms with van der Waals surface area (Å²) >= 11 is 0. The van der Waals surface area contributed by atoms with Crippen molar-refractivity contribution in [2.24, 2.45) is 0 Å². The summed E-state index contributed by atoms with van der Waals surface area (Å²) in [5, 5.41) is 7.64. The molecule has 0 spiro atoms. The second kappa shape index (κ2) is 7.28. The Morgan fingerprint density at radius 2 is 2.00 bits per heavy atom. The molecule has 0 amide bonds. The number of hydrogen-bond acceptors (Lipinski definition) is 4. The lowest BCUT2D eigenvalue weighted by molar-refractivity contribution is 0.494. The van der Waals surface area contributed by atoms with Gasteiger partial charge in [-0.2, -0.15) is 5.10 Å². The molecular formula is C21H25N5. The van der Waals surface area contributed by atoms with Gasteiger partial charge in [0.1, 0.15) is 11.6 Å². The third-order valence-corrected chi connectivity index (χ3v) is 5.18. The molecule has 1 saturated heterocycles. The largest absolute Gasteiger partial charge is 0.356 e. The van der Waals surface area contributed by atoms with Crippen LogP contribution in [0.5, 0.6) is 0 Å². The first-order valence-electron chi connectivity index (χ1n) is 9.32. The summed E-state index contributed by atoms with van der Waals surface area (Å²) in [6, 6.07) is 10.6. The van der Waals surface area contributed by atoms with E-state index in [0.29, 0.717) is 5.92 Å². The lowest BCUT2D eigenvalue weighted by Crippen LogP contribution is -2.36. The Balaban J connectivity index is 1.55. The highest BCUT2D eigenvalue weighted by atomic mass is 15.2. The maximum atomic E-state index is 4.69. The van der Waals surface area contributed by atoms with Crippen LogP contribution in [0.15, 0.2) is 42.7 Å². The number of hydrogen-bond donors (Lipinski definition) is 1. The van der Waals surface area contributed by atoms with Crippen molar-refractivity contribution in [2.45, 2.75) is 39.0 Å². The van der Waals surface area contributed by atoms with Gasteiger partial charge in [-0.15, -0.1) is 0 Å². The molecule has 1 aliphatic heterocycles. The molecule has 1 aromatic carbocycles. The quantitative estimate of drug-likeness (QED) is 0.780. The summed E-state index contributed by atoms with van der Waals surface area (Å²) in [7, 11) is 0. The van der Waals surface area contributed by atoms with Gasteiger partial charge < -0.3 is 4.90 Å². The fraction of sp³-hybridized carbons (Fsp3) is 0.381. The third-order valence-electron chi connectivity index (χ3n) is 5.18. The van der Waals surface area contributed by atoms with Gasteiger partial charge in [-0.1, -0.05) is 30.3 Å². The number of aryl methyl sites for hydroxylation is 2. The first kappa shape index (κ1) is 16.8. The second-order valence-electron chi connectivity index (χ2n) is 7.18. The first-order valence-corrected chi connectivity index (χ1v) is 9.32. The number of benzene rings is 1. The van der Waals surface area contributed by atoms with Crippen LogP contribution < -0.4 is 4.90 Å². The van der Waals surface area contributed by atoms with E-state index in [1.54, 1.807) is 0 Å². The minimum absolute atomic E-state index is 0.458. The Morgan fingerprint density at radius 1 is 1.15 bits per heavy atom. The van der Waals surface area contributed by atoms with Gasteiger partial charge in [0.25, 0.3) is 0 Å². The zero-order valence-corrected chi connectivity index (χ0v) is 15.4. The van der Waals surface area contributed by atoms with E-state index in [4.69, 9.17) is 4.98 Å². The third kappa shape index (κ3) is 3.47. The molecule has 0 aliphatic carbocycles. The monoisotopic (exact) mass is 347 g/mol. The van der Waals surface area contributed by atoms with Crippen molar-refractivity contribution in [1.82, 2.24) is 20.2 Å². The van der Waals surface area contributed by atoms with Crippen LogP contribution >= 0.6 is 0 Å². The van der Waals surface area contributed by atoms with Gasteiger partial charge in [0.15, 0.2) is 0 Å². The fourth-order valence-electron chi connectivity index (χ4n) is 3.87. The van der Waals surface area contributed by atoms with Crippen LogP contribution in [0.3, 0.4) is 0 Å². The Bertz CT molecular complexity index is 871. The fourth-order valence-corrected chi connectivity index (χ4v) is 3.87. The minimum Gasteiger partial charge on any atom is -0.356 e. The van der Waals surface area contributed by atoms with E-state index in [0.717, 1.165) is 43.1 Å². The zero-order chi connectivity index (χ0) is 17.9. The van der Waals surface area contributed by atoms with Gasteiger partial charge in [-0.25, -0.2) is 9.97 Å². The molecule has 0 saturated carbocycles. The van der Waals surface area contributed by atoms with E-state index < -0.39 is 0 Å². The SMILES string of the molecule is Cc1ncc(C)c(N2CCC[C@@H](c3[nH]ncc3Cc3ccccc3)C2)n1. The van der Waals surface area contributed by atoms with Crippen molar-refractivity contribution in [3.05, 3.63) is 70.9 Å². The van der Waals surface area contributed by atoms with Crippen LogP contribution in [0.25, 0.3) is 0 Å². The van der Waals surface area contributed by atoms with Crippen LogP contribution in [-0.2, 0) is 6.42 Å². The van der Waals surface area contributed by atoms with Gasteiger partial charge >= 0.3 is 0 Å². The maximum Gasteiger partial charge on any atom is 0.135 e. The summed E-state index contributed by atoms with van der Waals surface area (Å²) in [6.45, 7) is 6.07. The standard InChI is InChI=1S/C21H25N5/c1-15-12-22-16(2)24-21(15)26-10-6-9-18(14-26)20-19(13-23-25-20)11-17-7-4-3-5-8-17/h3-5,7-8,12-13,18H,6,9-11,14H2,1-2H3,(H,23,25)/t18-/m1/s1. The molecule has 1 atom stereocenters. The molecule has 5 heteroatoms. The minimum atomic E-state index is 0.458. The highest BCUT2D eigenvalue weighted by molar-refractivity contribution is 5.46. The van der Waals surface area contributed by atoms with Crippen molar-refractivity contribution in [3.63, 3.8) is 0 Å². The molecule has 134 valence electrons. The predicted octanol–water partition coefficient (Wildman–Crippen LogP) is 3.79. The molecule has 3 heterocycles. The van der Waals surface area contributed by atoms with E-state index >= 15 is 0 Å². The van der Waals surface area contributed by atoms with Gasteiger partial charge in [-0.3, -0.25) is 5.10 Å². The number of nitrogens with zero attached hydrogens (tertiary/aromatic N) is 4. The highest BCUT2D eigenvalue weighted by Gasteiger charge is 2.26. The number of aromatic amines is 1. The molecule has 5 nitrogen and oxygen atoms in total. The predicted molar refractivity (Wildman–Crippen MR) is 104 cm³/mol. The van der Waals surface area contributed by atoms with Gasteiger partial charge in [-0.05, 0) is 37.8 Å². The molecule has 26 heavy (non-hydrogen) atoms. The lowest BCUT2D eigenvalue weighted by Gasteiger charge is -2.34.